The second kappa shape index (κ2) is 4.64. The first-order valence-electron chi connectivity index (χ1n) is 4.88. The molecular formula is C9H20ClNO2Si. The van der Waals surface area contributed by atoms with Crippen molar-refractivity contribution in [2.24, 2.45) is 5.73 Å². The summed E-state index contributed by atoms with van der Waals surface area (Å²) in [6.07, 6.45) is 2.31. The molecule has 1 aliphatic rings. The summed E-state index contributed by atoms with van der Waals surface area (Å²) in [6.45, 7) is 4.64. The van der Waals surface area contributed by atoms with Crippen LogP contribution >= 0.6 is 12.4 Å². The number of carbonyl (C=O) groups is 1. The van der Waals surface area contributed by atoms with Crippen LogP contribution < -0.4 is 5.73 Å². The molecule has 1 unspecified atom stereocenters. The third kappa shape index (κ3) is 3.26. The zero-order chi connectivity index (χ0) is 10.1. The minimum Gasteiger partial charge on any atom is -0.480 e. The first-order valence-corrected chi connectivity index (χ1v) is 8.29. The molecule has 1 aliphatic heterocycles. The highest BCUT2D eigenvalue weighted by atomic mass is 35.5. The van der Waals surface area contributed by atoms with Gasteiger partial charge >= 0.3 is 5.97 Å². The average molecular weight is 238 g/mol. The van der Waals surface area contributed by atoms with Crippen LogP contribution in [0, 0.1) is 0 Å². The summed E-state index contributed by atoms with van der Waals surface area (Å²) >= 11 is 0. The number of carboxylic acid groups (broad SMARTS) is 1. The van der Waals surface area contributed by atoms with E-state index < -0.39 is 19.6 Å². The Morgan fingerprint density at radius 1 is 1.36 bits per heavy atom. The van der Waals surface area contributed by atoms with Gasteiger partial charge in [-0.25, -0.2) is 0 Å². The van der Waals surface area contributed by atoms with Gasteiger partial charge in [-0.05, 0) is 12.8 Å². The van der Waals surface area contributed by atoms with Crippen LogP contribution in [0.25, 0.3) is 0 Å². The maximum Gasteiger partial charge on any atom is 0.323 e. The van der Waals surface area contributed by atoms with Gasteiger partial charge < -0.3 is 10.8 Å². The van der Waals surface area contributed by atoms with Crippen LogP contribution in [-0.2, 0) is 4.79 Å². The molecule has 1 rings (SSSR count). The van der Waals surface area contributed by atoms with Crippen molar-refractivity contribution in [3.05, 3.63) is 0 Å². The van der Waals surface area contributed by atoms with Crippen molar-refractivity contribution in [3.63, 3.8) is 0 Å². The number of nitrogens with two attached hydrogens (primary N) is 1. The van der Waals surface area contributed by atoms with E-state index in [2.05, 4.69) is 13.1 Å². The average Bonchev–Trinajstić information content (AvgIpc) is 2.12. The lowest BCUT2D eigenvalue weighted by molar-refractivity contribution is -0.143. The summed E-state index contributed by atoms with van der Waals surface area (Å²) in [5.41, 5.74) is 4.92. The molecule has 0 amide bonds. The van der Waals surface area contributed by atoms with E-state index in [9.17, 15) is 4.79 Å². The standard InChI is InChI=1S/C9H19NO2Si.ClH/c1-13(2)6-3-4-9(10,5-7-13)8(11)12;/h3-7,10H2,1-2H3,(H,11,12);1H. The summed E-state index contributed by atoms with van der Waals surface area (Å²) in [4.78, 5) is 10.9. The minimum absolute atomic E-state index is 0. The predicted molar refractivity (Wildman–Crippen MR) is 62.7 cm³/mol. The molecule has 0 aromatic carbocycles. The summed E-state index contributed by atoms with van der Waals surface area (Å²) in [6, 6.07) is 2.27. The summed E-state index contributed by atoms with van der Waals surface area (Å²) in [5.74, 6) is -0.820. The van der Waals surface area contributed by atoms with Gasteiger partial charge in [0.2, 0.25) is 0 Å². The Hall–Kier alpha value is -0.0631. The van der Waals surface area contributed by atoms with Gasteiger partial charge in [-0.2, -0.15) is 0 Å². The highest BCUT2D eigenvalue weighted by Gasteiger charge is 2.38. The van der Waals surface area contributed by atoms with Crippen molar-refractivity contribution < 1.29 is 9.90 Å². The fourth-order valence-electron chi connectivity index (χ4n) is 1.91. The fourth-order valence-corrected chi connectivity index (χ4v) is 4.41. The van der Waals surface area contributed by atoms with Crippen LogP contribution in [-0.4, -0.2) is 24.7 Å². The smallest absolute Gasteiger partial charge is 0.323 e. The molecule has 0 bridgehead atoms. The molecule has 84 valence electrons. The number of aliphatic carboxylic acids is 1. The summed E-state index contributed by atoms with van der Waals surface area (Å²) in [7, 11) is -1.12. The van der Waals surface area contributed by atoms with Crippen LogP contribution in [0.1, 0.15) is 19.3 Å². The topological polar surface area (TPSA) is 63.3 Å². The Kier molecular flexibility index (Phi) is 4.62. The van der Waals surface area contributed by atoms with Crippen LogP contribution in [0.5, 0.6) is 0 Å². The molecule has 1 heterocycles. The quantitative estimate of drug-likeness (QED) is 0.687. The lowest BCUT2D eigenvalue weighted by Crippen LogP contribution is -2.47. The van der Waals surface area contributed by atoms with Gasteiger partial charge in [0.1, 0.15) is 5.54 Å². The minimum atomic E-state index is -1.12. The molecule has 0 aliphatic carbocycles. The maximum absolute atomic E-state index is 10.9. The molecule has 0 spiro atoms. The molecule has 0 radical (unpaired) electrons. The predicted octanol–water partition coefficient (Wildman–Crippen LogP) is 2.08. The van der Waals surface area contributed by atoms with Crippen LogP contribution in [0.2, 0.25) is 25.2 Å². The fraction of sp³-hybridized carbons (Fsp3) is 0.889. The highest BCUT2D eigenvalue weighted by molar-refractivity contribution is 6.77. The van der Waals surface area contributed by atoms with Crippen molar-refractivity contribution in [2.75, 3.05) is 0 Å². The molecular weight excluding hydrogens is 218 g/mol. The third-order valence-electron chi connectivity index (χ3n) is 3.15. The molecule has 3 N–H and O–H groups in total. The molecule has 5 heteroatoms. The molecule has 1 saturated heterocycles. The molecule has 14 heavy (non-hydrogen) atoms. The lowest BCUT2D eigenvalue weighted by atomic mass is 9.92. The van der Waals surface area contributed by atoms with Crippen molar-refractivity contribution in [1.29, 1.82) is 0 Å². The summed E-state index contributed by atoms with van der Waals surface area (Å²) in [5, 5.41) is 8.98. The first kappa shape index (κ1) is 13.9. The van der Waals surface area contributed by atoms with Gasteiger partial charge in [0.25, 0.3) is 0 Å². The van der Waals surface area contributed by atoms with Crippen LogP contribution in [0.15, 0.2) is 0 Å². The Balaban J connectivity index is 0.00000169. The van der Waals surface area contributed by atoms with Gasteiger partial charge in [-0.3, -0.25) is 4.79 Å². The largest absolute Gasteiger partial charge is 0.480 e. The number of carboxylic acids is 1. The number of rotatable bonds is 1. The highest BCUT2D eigenvalue weighted by Crippen LogP contribution is 2.31. The molecule has 0 aromatic heterocycles. The van der Waals surface area contributed by atoms with E-state index in [0.717, 1.165) is 12.5 Å². The molecule has 1 atom stereocenters. The van der Waals surface area contributed by atoms with E-state index in [1.807, 2.05) is 0 Å². The molecule has 1 fully saturated rings. The van der Waals surface area contributed by atoms with Gasteiger partial charge in [-0.1, -0.05) is 31.6 Å². The summed E-state index contributed by atoms with van der Waals surface area (Å²) < 4.78 is 0. The number of hydrogen-bond donors (Lipinski definition) is 2. The second-order valence-corrected chi connectivity index (χ2v) is 10.3. The van der Waals surface area contributed by atoms with Crippen molar-refractivity contribution in [2.45, 2.75) is 50.0 Å². The van der Waals surface area contributed by atoms with Gasteiger partial charge in [0, 0.05) is 8.07 Å². The lowest BCUT2D eigenvalue weighted by Gasteiger charge is -2.23. The van der Waals surface area contributed by atoms with E-state index in [1.165, 1.54) is 6.04 Å². The van der Waals surface area contributed by atoms with Gasteiger partial charge in [0.15, 0.2) is 0 Å². The van der Waals surface area contributed by atoms with E-state index in [0.29, 0.717) is 12.8 Å². The normalized spacial score (nSPS) is 31.4. The van der Waals surface area contributed by atoms with Gasteiger partial charge in [-0.15, -0.1) is 12.4 Å². The van der Waals surface area contributed by atoms with Gasteiger partial charge in [0.05, 0.1) is 0 Å². The van der Waals surface area contributed by atoms with Crippen molar-refractivity contribution in [3.8, 4) is 0 Å². The van der Waals surface area contributed by atoms with E-state index in [4.69, 9.17) is 10.8 Å². The van der Waals surface area contributed by atoms with E-state index in [-0.39, 0.29) is 12.4 Å². The Bertz CT molecular complexity index is 223. The maximum atomic E-state index is 10.9. The van der Waals surface area contributed by atoms with Crippen molar-refractivity contribution >= 4 is 26.5 Å². The molecule has 3 nitrogen and oxygen atoms in total. The Morgan fingerprint density at radius 3 is 2.43 bits per heavy atom. The van der Waals surface area contributed by atoms with Crippen LogP contribution in [0.3, 0.4) is 0 Å². The SMILES string of the molecule is C[Si]1(C)CCCC(N)(C(=O)O)CC1.Cl. The zero-order valence-corrected chi connectivity index (χ0v) is 10.7. The first-order chi connectivity index (χ1) is 5.86. The monoisotopic (exact) mass is 237 g/mol. The second-order valence-electron chi connectivity index (χ2n) is 4.98. The third-order valence-corrected chi connectivity index (χ3v) is 6.46. The van der Waals surface area contributed by atoms with E-state index >= 15 is 0 Å². The molecule has 0 saturated carbocycles. The number of hydrogen-bond acceptors (Lipinski definition) is 2. The zero-order valence-electron chi connectivity index (χ0n) is 8.88. The van der Waals surface area contributed by atoms with E-state index in [1.54, 1.807) is 0 Å². The molecule has 0 aromatic rings. The van der Waals surface area contributed by atoms with Crippen LogP contribution in [0.4, 0.5) is 0 Å². The Morgan fingerprint density at radius 2 is 1.93 bits per heavy atom. The number of halogens is 1. The van der Waals surface area contributed by atoms with Crippen molar-refractivity contribution in [1.82, 2.24) is 0 Å². The Labute approximate surface area is 92.5 Å².